The van der Waals surface area contributed by atoms with E-state index in [1.807, 2.05) is 0 Å². The minimum atomic E-state index is 0.419. The van der Waals surface area contributed by atoms with Crippen LogP contribution in [0, 0.1) is 0 Å². The quantitative estimate of drug-likeness (QED) is 0.802. The molecule has 2 aliphatic rings. The van der Waals surface area contributed by atoms with Gasteiger partial charge >= 0.3 is 0 Å². The van der Waals surface area contributed by atoms with Gasteiger partial charge in [0.25, 0.3) is 0 Å². The van der Waals surface area contributed by atoms with Gasteiger partial charge < -0.3 is 10.1 Å². The molecule has 1 aromatic rings. The number of nitrogens with one attached hydrogen (secondary N) is 2. The normalized spacial score (nSPS) is 23.9. The molecule has 0 spiro atoms. The Morgan fingerprint density at radius 3 is 3.06 bits per heavy atom. The predicted molar refractivity (Wildman–Crippen MR) is 70.5 cm³/mol. The Bertz CT molecular complexity index is 382. The third kappa shape index (κ3) is 2.75. The lowest BCUT2D eigenvalue weighted by Gasteiger charge is -2.10. The summed E-state index contributed by atoms with van der Waals surface area (Å²) in [5, 5.41) is 11.2. The lowest BCUT2D eigenvalue weighted by atomic mass is 10.1. The van der Waals surface area contributed by atoms with Gasteiger partial charge in [-0.05, 0) is 44.1 Å². The fourth-order valence-electron chi connectivity index (χ4n) is 3.03. The molecule has 4 heteroatoms. The highest BCUT2D eigenvalue weighted by Crippen LogP contribution is 2.21. The zero-order valence-corrected chi connectivity index (χ0v) is 11.0. The average molecular weight is 249 g/mol. The maximum absolute atomic E-state index is 5.61. The van der Waals surface area contributed by atoms with Crippen LogP contribution in [0.2, 0.25) is 0 Å². The largest absolute Gasteiger partial charge is 0.377 e. The van der Waals surface area contributed by atoms with Gasteiger partial charge in [-0.15, -0.1) is 0 Å². The van der Waals surface area contributed by atoms with E-state index in [1.165, 1.54) is 61.9 Å². The molecule has 0 aromatic carbocycles. The van der Waals surface area contributed by atoms with Gasteiger partial charge in [0.05, 0.1) is 11.8 Å². The summed E-state index contributed by atoms with van der Waals surface area (Å²) in [5.41, 5.74) is 4.08. The number of aromatic nitrogens is 2. The number of fused-ring (bicyclic) bond motifs is 1. The highest BCUT2D eigenvalue weighted by Gasteiger charge is 2.17. The van der Waals surface area contributed by atoms with Crippen LogP contribution in [-0.4, -0.2) is 29.5 Å². The minimum Gasteiger partial charge on any atom is -0.377 e. The van der Waals surface area contributed by atoms with Crippen LogP contribution in [-0.2, 0) is 24.1 Å². The van der Waals surface area contributed by atoms with Crippen LogP contribution < -0.4 is 5.32 Å². The van der Waals surface area contributed by atoms with Gasteiger partial charge in [0.15, 0.2) is 0 Å². The van der Waals surface area contributed by atoms with Crippen molar-refractivity contribution in [2.75, 3.05) is 13.2 Å². The summed E-state index contributed by atoms with van der Waals surface area (Å²) >= 11 is 0. The molecule has 0 amide bonds. The molecule has 0 bridgehead atoms. The average Bonchev–Trinajstić information content (AvgIpc) is 2.96. The topological polar surface area (TPSA) is 49.9 Å². The van der Waals surface area contributed by atoms with Crippen LogP contribution in [0.15, 0.2) is 0 Å². The van der Waals surface area contributed by atoms with Crippen molar-refractivity contribution >= 4 is 0 Å². The van der Waals surface area contributed by atoms with Crippen LogP contribution in [0.5, 0.6) is 0 Å². The summed E-state index contributed by atoms with van der Waals surface area (Å²) in [6, 6.07) is 0. The Morgan fingerprint density at radius 1 is 1.22 bits per heavy atom. The molecule has 100 valence electrons. The molecule has 1 aromatic heterocycles. The smallest absolute Gasteiger partial charge is 0.0794 e. The van der Waals surface area contributed by atoms with Gasteiger partial charge in [-0.3, -0.25) is 5.10 Å². The van der Waals surface area contributed by atoms with E-state index >= 15 is 0 Å². The first-order valence-electron chi connectivity index (χ1n) is 7.31. The molecular formula is C14H23N3O. The van der Waals surface area contributed by atoms with Crippen molar-refractivity contribution in [2.45, 2.75) is 57.6 Å². The van der Waals surface area contributed by atoms with Gasteiger partial charge in [-0.2, -0.15) is 5.10 Å². The van der Waals surface area contributed by atoms with Crippen LogP contribution in [0.3, 0.4) is 0 Å². The van der Waals surface area contributed by atoms with Gasteiger partial charge in [0, 0.05) is 25.4 Å². The number of ether oxygens (including phenoxy) is 1. The number of aryl methyl sites for hydroxylation is 1. The molecule has 0 saturated carbocycles. The number of hydrogen-bond acceptors (Lipinski definition) is 3. The van der Waals surface area contributed by atoms with Crippen LogP contribution in [0.1, 0.15) is 49.1 Å². The molecule has 1 saturated heterocycles. The minimum absolute atomic E-state index is 0.419. The Balaban J connectivity index is 1.54. The van der Waals surface area contributed by atoms with E-state index in [2.05, 4.69) is 15.5 Å². The summed E-state index contributed by atoms with van der Waals surface area (Å²) in [6.45, 7) is 2.78. The first-order valence-corrected chi connectivity index (χ1v) is 7.31. The Morgan fingerprint density at radius 2 is 2.17 bits per heavy atom. The van der Waals surface area contributed by atoms with Crippen molar-refractivity contribution in [3.05, 3.63) is 17.0 Å². The molecule has 4 nitrogen and oxygen atoms in total. The Labute approximate surface area is 108 Å². The number of nitrogens with zero attached hydrogens (tertiary/aromatic N) is 1. The van der Waals surface area contributed by atoms with Crippen molar-refractivity contribution < 1.29 is 4.74 Å². The molecule has 2 N–H and O–H groups in total. The lowest BCUT2D eigenvalue weighted by Crippen LogP contribution is -2.26. The van der Waals surface area contributed by atoms with Crippen molar-refractivity contribution in [2.24, 2.45) is 0 Å². The first-order chi connectivity index (χ1) is 8.93. The van der Waals surface area contributed by atoms with Crippen molar-refractivity contribution in [1.29, 1.82) is 0 Å². The van der Waals surface area contributed by atoms with Gasteiger partial charge in [0.1, 0.15) is 0 Å². The van der Waals surface area contributed by atoms with E-state index in [1.54, 1.807) is 0 Å². The molecular weight excluding hydrogens is 226 g/mol. The predicted octanol–water partition coefficient (Wildman–Crippen LogP) is 1.95. The lowest BCUT2D eigenvalue weighted by molar-refractivity contribution is 0.110. The summed E-state index contributed by atoms with van der Waals surface area (Å²) in [5.74, 6) is 0. The third-order valence-electron chi connectivity index (χ3n) is 4.08. The van der Waals surface area contributed by atoms with E-state index < -0.39 is 0 Å². The van der Waals surface area contributed by atoms with Crippen molar-refractivity contribution in [1.82, 2.24) is 15.5 Å². The zero-order valence-electron chi connectivity index (χ0n) is 11.0. The third-order valence-corrected chi connectivity index (χ3v) is 4.08. The molecule has 1 aliphatic carbocycles. The SMILES string of the molecule is C1CCc2[nH]nc(CNCC3CCCO3)c2CC1. The Hall–Kier alpha value is -0.870. The van der Waals surface area contributed by atoms with Gasteiger partial charge in [-0.25, -0.2) is 0 Å². The fraction of sp³-hybridized carbons (Fsp3) is 0.786. The van der Waals surface area contributed by atoms with E-state index in [4.69, 9.17) is 4.74 Å². The summed E-state index contributed by atoms with van der Waals surface area (Å²) in [4.78, 5) is 0. The second kappa shape index (κ2) is 5.85. The number of aromatic amines is 1. The summed E-state index contributed by atoms with van der Waals surface area (Å²) < 4.78 is 5.61. The molecule has 1 unspecified atom stereocenters. The van der Waals surface area contributed by atoms with E-state index in [0.717, 1.165) is 19.7 Å². The van der Waals surface area contributed by atoms with Crippen LogP contribution in [0.25, 0.3) is 0 Å². The number of rotatable bonds is 4. The standard InChI is InChI=1S/C14H23N3O/c1-2-6-12-13(7-3-1)16-17-14(12)10-15-9-11-5-4-8-18-11/h11,15H,1-10H2,(H,16,17). The Kier molecular flexibility index (Phi) is 3.96. The number of H-pyrrole nitrogens is 1. The molecule has 1 fully saturated rings. The highest BCUT2D eigenvalue weighted by molar-refractivity contribution is 5.26. The summed E-state index contributed by atoms with van der Waals surface area (Å²) in [6.07, 6.45) is 9.17. The second-order valence-electron chi connectivity index (χ2n) is 5.45. The highest BCUT2D eigenvalue weighted by atomic mass is 16.5. The zero-order chi connectivity index (χ0) is 12.2. The first kappa shape index (κ1) is 12.2. The molecule has 3 rings (SSSR count). The van der Waals surface area contributed by atoms with E-state index in [0.29, 0.717) is 6.10 Å². The van der Waals surface area contributed by atoms with E-state index in [9.17, 15) is 0 Å². The van der Waals surface area contributed by atoms with Crippen LogP contribution in [0.4, 0.5) is 0 Å². The van der Waals surface area contributed by atoms with Crippen molar-refractivity contribution in [3.8, 4) is 0 Å². The monoisotopic (exact) mass is 249 g/mol. The fourth-order valence-corrected chi connectivity index (χ4v) is 3.03. The second-order valence-corrected chi connectivity index (χ2v) is 5.45. The maximum atomic E-state index is 5.61. The summed E-state index contributed by atoms with van der Waals surface area (Å²) in [7, 11) is 0. The maximum Gasteiger partial charge on any atom is 0.0794 e. The van der Waals surface area contributed by atoms with E-state index in [-0.39, 0.29) is 0 Å². The molecule has 1 atom stereocenters. The molecule has 1 aliphatic heterocycles. The number of hydrogen-bond donors (Lipinski definition) is 2. The van der Waals surface area contributed by atoms with Crippen molar-refractivity contribution in [3.63, 3.8) is 0 Å². The molecule has 18 heavy (non-hydrogen) atoms. The van der Waals surface area contributed by atoms with Gasteiger partial charge in [0.2, 0.25) is 0 Å². The van der Waals surface area contributed by atoms with Crippen LogP contribution >= 0.6 is 0 Å². The molecule has 0 radical (unpaired) electrons. The molecule has 2 heterocycles. The van der Waals surface area contributed by atoms with Gasteiger partial charge in [-0.1, -0.05) is 6.42 Å².